The van der Waals surface area contributed by atoms with E-state index < -0.39 is 0 Å². The number of aromatic nitrogens is 1. The quantitative estimate of drug-likeness (QED) is 0.555. The van der Waals surface area contributed by atoms with Crippen LogP contribution in [0.25, 0.3) is 10.9 Å². The minimum atomic E-state index is 0. The van der Waals surface area contributed by atoms with E-state index in [0.717, 1.165) is 17.4 Å². The number of ether oxygens (including phenoxy) is 1. The average Bonchev–Trinajstić information content (AvgIpc) is 2.58. The van der Waals surface area contributed by atoms with Gasteiger partial charge >= 0.3 is 37.7 Å². The maximum atomic E-state index is 9.31. The summed E-state index contributed by atoms with van der Waals surface area (Å²) in [6.07, 6.45) is 4.27. The number of aromatic hydroxyl groups is 2. The molecular formula is C19H21CaNO3. The Morgan fingerprint density at radius 2 is 1.88 bits per heavy atom. The van der Waals surface area contributed by atoms with E-state index in [4.69, 9.17) is 4.74 Å². The van der Waals surface area contributed by atoms with Gasteiger partial charge in [-0.15, -0.1) is 6.58 Å². The standard InChI is InChI=1S/C10H12O2.C9H7NO.Ca.2H/c1-3-4-8-5-6-9(11)10(7-8)12-2;11-8-5-1-3-7-4-2-6-10-9(7)8;;;/h3,5-7,11H,1,4H2,2H3;1-6,11H;;;/q;;+2;2*-1. The van der Waals surface area contributed by atoms with Gasteiger partial charge in [-0.1, -0.05) is 30.3 Å². The van der Waals surface area contributed by atoms with Gasteiger partial charge < -0.3 is 17.8 Å². The van der Waals surface area contributed by atoms with Crippen molar-refractivity contribution in [1.29, 1.82) is 0 Å². The summed E-state index contributed by atoms with van der Waals surface area (Å²) < 4.78 is 4.95. The van der Waals surface area contributed by atoms with Crippen LogP contribution in [-0.4, -0.2) is 60.0 Å². The van der Waals surface area contributed by atoms with Crippen LogP contribution in [0.2, 0.25) is 0 Å². The number of phenols is 2. The van der Waals surface area contributed by atoms with Gasteiger partial charge in [-0.2, -0.15) is 0 Å². The number of rotatable bonds is 3. The molecule has 0 amide bonds. The number of para-hydroxylation sites is 1. The summed E-state index contributed by atoms with van der Waals surface area (Å²) >= 11 is 0. The van der Waals surface area contributed by atoms with E-state index in [-0.39, 0.29) is 52.1 Å². The third kappa shape index (κ3) is 5.41. The molecule has 2 aromatic carbocycles. The molecule has 0 saturated carbocycles. The summed E-state index contributed by atoms with van der Waals surface area (Å²) in [5.41, 5.74) is 1.75. The second kappa shape index (κ2) is 10.2. The first-order valence-corrected chi connectivity index (χ1v) is 7.15. The first-order chi connectivity index (χ1) is 11.2. The fraction of sp³-hybridized carbons (Fsp3) is 0.105. The number of methoxy groups -OCH3 is 1. The number of benzene rings is 2. The first kappa shape index (κ1) is 20.3. The fourth-order valence-electron chi connectivity index (χ4n) is 2.10. The van der Waals surface area contributed by atoms with Crippen LogP contribution in [0.1, 0.15) is 8.42 Å². The van der Waals surface area contributed by atoms with Gasteiger partial charge in [-0.05, 0) is 36.2 Å². The van der Waals surface area contributed by atoms with Crippen molar-refractivity contribution in [3.63, 3.8) is 0 Å². The normalized spacial score (nSPS) is 9.38. The van der Waals surface area contributed by atoms with Crippen LogP contribution in [0.3, 0.4) is 0 Å². The van der Waals surface area contributed by atoms with Gasteiger partial charge in [-0.25, -0.2) is 0 Å². The zero-order valence-electron chi connectivity index (χ0n) is 15.6. The first-order valence-electron chi connectivity index (χ1n) is 7.15. The van der Waals surface area contributed by atoms with Crippen molar-refractivity contribution in [1.82, 2.24) is 4.98 Å². The molecule has 4 nitrogen and oxygen atoms in total. The molecule has 0 saturated heterocycles. The van der Waals surface area contributed by atoms with Gasteiger partial charge in [0.25, 0.3) is 0 Å². The van der Waals surface area contributed by atoms with Crippen molar-refractivity contribution in [2.45, 2.75) is 6.42 Å². The van der Waals surface area contributed by atoms with E-state index in [2.05, 4.69) is 11.6 Å². The summed E-state index contributed by atoms with van der Waals surface area (Å²) in [6, 6.07) is 14.4. The number of allylic oxidation sites excluding steroid dienone is 1. The predicted octanol–water partition coefficient (Wildman–Crippen LogP) is 3.91. The fourth-order valence-corrected chi connectivity index (χ4v) is 2.10. The summed E-state index contributed by atoms with van der Waals surface area (Å²) in [5, 5.41) is 19.5. The Morgan fingerprint density at radius 1 is 1.12 bits per heavy atom. The third-order valence-corrected chi connectivity index (χ3v) is 3.24. The van der Waals surface area contributed by atoms with E-state index >= 15 is 0 Å². The Balaban J connectivity index is 0. The second-order valence-corrected chi connectivity index (χ2v) is 4.85. The molecule has 0 atom stereocenters. The zero-order valence-corrected chi connectivity index (χ0v) is 15.9. The number of hydrogen-bond donors (Lipinski definition) is 2. The SMILES string of the molecule is C=CCc1ccc(O)c(OC)c1.Oc1cccc2cccnc12.[Ca+2].[H-].[H-]. The largest absolute Gasteiger partial charge is 2.00 e. The molecule has 1 aromatic heterocycles. The molecule has 0 aliphatic rings. The van der Waals surface area contributed by atoms with E-state index in [0.29, 0.717) is 11.3 Å². The molecule has 0 aliphatic heterocycles. The number of hydrogen-bond acceptors (Lipinski definition) is 4. The molecule has 24 heavy (non-hydrogen) atoms. The molecule has 1 heterocycles. The number of phenolic OH excluding ortho intramolecular Hbond substituents is 2. The smallest absolute Gasteiger partial charge is 1.00 e. The van der Waals surface area contributed by atoms with Crippen LogP contribution in [0.4, 0.5) is 0 Å². The Kier molecular flexibility index (Phi) is 8.61. The van der Waals surface area contributed by atoms with Gasteiger partial charge in [0.2, 0.25) is 0 Å². The number of fused-ring (bicyclic) bond motifs is 1. The van der Waals surface area contributed by atoms with Crippen LogP contribution in [0.5, 0.6) is 17.2 Å². The minimum Gasteiger partial charge on any atom is -1.00 e. The van der Waals surface area contributed by atoms with Crippen molar-refractivity contribution < 1.29 is 17.8 Å². The van der Waals surface area contributed by atoms with E-state index in [1.165, 1.54) is 7.11 Å². The summed E-state index contributed by atoms with van der Waals surface area (Å²) in [5.74, 6) is 0.919. The van der Waals surface area contributed by atoms with Crippen LogP contribution in [0, 0.1) is 0 Å². The molecular weight excluding hydrogens is 330 g/mol. The Bertz CT molecular complexity index is 810. The maximum absolute atomic E-state index is 9.31. The van der Waals surface area contributed by atoms with Crippen molar-refractivity contribution in [3.05, 3.63) is 72.9 Å². The molecule has 0 unspecified atom stereocenters. The van der Waals surface area contributed by atoms with Gasteiger partial charge in [0, 0.05) is 11.6 Å². The Hall–Kier alpha value is -1.75. The molecule has 3 aromatic rings. The minimum absolute atomic E-state index is 0. The van der Waals surface area contributed by atoms with E-state index in [9.17, 15) is 10.2 Å². The molecule has 3 rings (SSSR count). The van der Waals surface area contributed by atoms with Crippen molar-refractivity contribution >= 4 is 48.6 Å². The molecule has 5 heteroatoms. The summed E-state index contributed by atoms with van der Waals surface area (Å²) in [4.78, 5) is 4.03. The van der Waals surface area contributed by atoms with Crippen LogP contribution < -0.4 is 4.74 Å². The zero-order chi connectivity index (χ0) is 16.7. The molecule has 2 N–H and O–H groups in total. The number of nitrogens with zero attached hydrogens (tertiary/aromatic N) is 1. The van der Waals surface area contributed by atoms with Gasteiger partial charge in [0.05, 0.1) is 7.11 Å². The Labute approximate surface area is 174 Å². The topological polar surface area (TPSA) is 62.6 Å². The van der Waals surface area contributed by atoms with Gasteiger partial charge in [0.15, 0.2) is 11.5 Å². The van der Waals surface area contributed by atoms with Crippen molar-refractivity contribution in [2.75, 3.05) is 7.11 Å². The van der Waals surface area contributed by atoms with Crippen LogP contribution in [0.15, 0.2) is 67.4 Å². The monoisotopic (exact) mass is 351 g/mol. The third-order valence-electron chi connectivity index (χ3n) is 3.24. The van der Waals surface area contributed by atoms with Crippen molar-refractivity contribution in [3.8, 4) is 17.2 Å². The summed E-state index contributed by atoms with van der Waals surface area (Å²) in [7, 11) is 1.53. The molecule has 0 spiro atoms. The van der Waals surface area contributed by atoms with Gasteiger partial charge in [0.1, 0.15) is 11.3 Å². The van der Waals surface area contributed by atoms with Crippen LogP contribution >= 0.6 is 0 Å². The number of pyridine rings is 1. The predicted molar refractivity (Wildman–Crippen MR) is 99.9 cm³/mol. The molecule has 122 valence electrons. The molecule has 0 fully saturated rings. The average molecular weight is 351 g/mol. The van der Waals surface area contributed by atoms with E-state index in [1.54, 1.807) is 30.5 Å². The maximum Gasteiger partial charge on any atom is 2.00 e. The Morgan fingerprint density at radius 3 is 2.54 bits per heavy atom. The second-order valence-electron chi connectivity index (χ2n) is 4.85. The molecule has 0 bridgehead atoms. The molecule has 0 radical (unpaired) electrons. The van der Waals surface area contributed by atoms with Crippen LogP contribution in [-0.2, 0) is 6.42 Å². The molecule has 0 aliphatic carbocycles. The van der Waals surface area contributed by atoms with Crippen molar-refractivity contribution in [2.24, 2.45) is 0 Å². The van der Waals surface area contributed by atoms with Gasteiger partial charge in [-0.3, -0.25) is 4.98 Å². The van der Waals surface area contributed by atoms with E-state index in [1.807, 2.05) is 30.3 Å². The summed E-state index contributed by atoms with van der Waals surface area (Å²) in [6.45, 7) is 3.63.